The summed E-state index contributed by atoms with van der Waals surface area (Å²) in [5.74, 6) is 1.03. The Morgan fingerprint density at radius 2 is 2.20 bits per heavy atom. The maximum Gasteiger partial charge on any atom is 0.114 e. The first-order chi connectivity index (χ1) is 4.70. The third-order valence-corrected chi connectivity index (χ3v) is 2.32. The van der Waals surface area contributed by atoms with Crippen LogP contribution in [0, 0.1) is 6.92 Å². The van der Waals surface area contributed by atoms with Gasteiger partial charge in [0.05, 0.1) is 6.26 Å². The molecule has 0 saturated heterocycles. The number of hydrogen-bond donors (Lipinski definition) is 0. The molecule has 0 aliphatic rings. The Balaban J connectivity index is 2.65. The third-order valence-electron chi connectivity index (χ3n) is 1.17. The van der Waals surface area contributed by atoms with E-state index in [9.17, 15) is 0 Å². The van der Waals surface area contributed by atoms with Gasteiger partial charge in [-0.05, 0) is 13.0 Å². The lowest BCUT2D eigenvalue weighted by Crippen LogP contribution is -1.84. The molecule has 56 valence electrons. The summed E-state index contributed by atoms with van der Waals surface area (Å²) in [5, 5.41) is 0.635. The Morgan fingerprint density at radius 3 is 2.60 bits per heavy atom. The van der Waals surface area contributed by atoms with Crippen molar-refractivity contribution in [3.63, 3.8) is 0 Å². The topological polar surface area (TPSA) is 13.1 Å². The zero-order valence-corrected chi connectivity index (χ0v) is 7.37. The molecule has 2 heteroatoms. The van der Waals surface area contributed by atoms with E-state index < -0.39 is 0 Å². The molecule has 0 bridgehead atoms. The van der Waals surface area contributed by atoms with E-state index in [0.29, 0.717) is 5.25 Å². The van der Waals surface area contributed by atoms with Gasteiger partial charge in [0, 0.05) is 10.1 Å². The molecule has 1 nitrogen and oxygen atoms in total. The Labute approximate surface area is 65.8 Å². The second-order valence-corrected chi connectivity index (χ2v) is 4.13. The van der Waals surface area contributed by atoms with Crippen molar-refractivity contribution in [2.45, 2.75) is 30.9 Å². The monoisotopic (exact) mass is 156 g/mol. The lowest BCUT2D eigenvalue weighted by molar-refractivity contribution is 0.527. The maximum atomic E-state index is 5.14. The Kier molecular flexibility index (Phi) is 2.44. The molecule has 1 aromatic heterocycles. The summed E-state index contributed by atoms with van der Waals surface area (Å²) in [4.78, 5) is 1.26. The van der Waals surface area contributed by atoms with Crippen molar-refractivity contribution in [3.05, 3.63) is 18.1 Å². The summed E-state index contributed by atoms with van der Waals surface area (Å²) in [7, 11) is 0. The zero-order chi connectivity index (χ0) is 7.56. The van der Waals surface area contributed by atoms with Crippen molar-refractivity contribution in [1.29, 1.82) is 0 Å². The molecule has 0 saturated carbocycles. The van der Waals surface area contributed by atoms with E-state index in [1.165, 1.54) is 4.90 Å². The Morgan fingerprint density at radius 1 is 1.50 bits per heavy atom. The van der Waals surface area contributed by atoms with Crippen LogP contribution in [0.1, 0.15) is 19.6 Å². The molecule has 1 heterocycles. The van der Waals surface area contributed by atoms with Gasteiger partial charge in [-0.2, -0.15) is 0 Å². The van der Waals surface area contributed by atoms with Gasteiger partial charge in [-0.3, -0.25) is 0 Å². The van der Waals surface area contributed by atoms with E-state index >= 15 is 0 Å². The van der Waals surface area contributed by atoms with E-state index in [2.05, 4.69) is 13.8 Å². The molecule has 0 amide bonds. The predicted octanol–water partition coefficient (Wildman–Crippen LogP) is 3.09. The maximum absolute atomic E-state index is 5.14. The van der Waals surface area contributed by atoms with Crippen molar-refractivity contribution in [1.82, 2.24) is 0 Å². The number of thioether (sulfide) groups is 1. The quantitative estimate of drug-likeness (QED) is 0.610. The fourth-order valence-corrected chi connectivity index (χ4v) is 1.61. The summed E-state index contributed by atoms with van der Waals surface area (Å²) >= 11 is 1.84. The van der Waals surface area contributed by atoms with Gasteiger partial charge in [0.1, 0.15) is 5.76 Å². The molecule has 0 spiro atoms. The van der Waals surface area contributed by atoms with E-state index in [-0.39, 0.29) is 0 Å². The first-order valence-corrected chi connectivity index (χ1v) is 4.29. The zero-order valence-electron chi connectivity index (χ0n) is 6.55. The highest BCUT2D eigenvalue weighted by Crippen LogP contribution is 2.26. The molecule has 1 aromatic rings. The molecule has 0 N–H and O–H groups in total. The standard InChI is InChI=1S/C8H12OS/c1-6(2)10-8-4-5-9-7(8)3/h4-6H,1-3H3. The van der Waals surface area contributed by atoms with Gasteiger partial charge in [-0.15, -0.1) is 11.8 Å². The minimum atomic E-state index is 0.635. The smallest absolute Gasteiger partial charge is 0.114 e. The van der Waals surface area contributed by atoms with Gasteiger partial charge < -0.3 is 4.42 Å². The van der Waals surface area contributed by atoms with E-state index in [4.69, 9.17) is 4.42 Å². The largest absolute Gasteiger partial charge is 0.468 e. The number of aryl methyl sites for hydroxylation is 1. The fraction of sp³-hybridized carbons (Fsp3) is 0.500. The SMILES string of the molecule is Cc1occc1SC(C)C. The van der Waals surface area contributed by atoms with Crippen molar-refractivity contribution < 1.29 is 4.42 Å². The van der Waals surface area contributed by atoms with Gasteiger partial charge >= 0.3 is 0 Å². The first kappa shape index (κ1) is 7.73. The molecule has 0 atom stereocenters. The van der Waals surface area contributed by atoms with Crippen LogP contribution in [0.15, 0.2) is 21.6 Å². The van der Waals surface area contributed by atoms with Crippen molar-refractivity contribution in [3.8, 4) is 0 Å². The molecule has 10 heavy (non-hydrogen) atoms. The van der Waals surface area contributed by atoms with E-state index in [0.717, 1.165) is 5.76 Å². The van der Waals surface area contributed by atoms with Crippen molar-refractivity contribution >= 4 is 11.8 Å². The normalized spacial score (nSPS) is 10.8. The van der Waals surface area contributed by atoms with Crippen molar-refractivity contribution in [2.75, 3.05) is 0 Å². The average Bonchev–Trinajstić information content (AvgIpc) is 2.15. The summed E-state index contributed by atoms with van der Waals surface area (Å²) in [6.45, 7) is 6.35. The van der Waals surface area contributed by atoms with Crippen LogP contribution in [0.4, 0.5) is 0 Å². The van der Waals surface area contributed by atoms with Crippen LogP contribution < -0.4 is 0 Å². The molecule has 0 aliphatic carbocycles. The Bertz CT molecular complexity index is 203. The highest BCUT2D eigenvalue weighted by atomic mass is 32.2. The third kappa shape index (κ3) is 1.81. The Hall–Kier alpha value is -0.370. The van der Waals surface area contributed by atoms with Crippen molar-refractivity contribution in [2.24, 2.45) is 0 Å². The lowest BCUT2D eigenvalue weighted by Gasteiger charge is -2.00. The minimum Gasteiger partial charge on any atom is -0.468 e. The minimum absolute atomic E-state index is 0.635. The van der Waals surface area contributed by atoms with Gasteiger partial charge in [0.2, 0.25) is 0 Å². The van der Waals surface area contributed by atoms with Gasteiger partial charge in [0.25, 0.3) is 0 Å². The van der Waals surface area contributed by atoms with Gasteiger partial charge in [-0.1, -0.05) is 13.8 Å². The lowest BCUT2D eigenvalue weighted by atomic mass is 10.5. The van der Waals surface area contributed by atoms with Crippen LogP contribution in [0.5, 0.6) is 0 Å². The fourth-order valence-electron chi connectivity index (χ4n) is 0.750. The first-order valence-electron chi connectivity index (χ1n) is 3.41. The molecule has 1 rings (SSSR count). The molecule has 0 unspecified atom stereocenters. The van der Waals surface area contributed by atoms with E-state index in [1.807, 2.05) is 24.8 Å². The number of furan rings is 1. The summed E-state index contributed by atoms with van der Waals surface area (Å²) in [6, 6.07) is 2.01. The average molecular weight is 156 g/mol. The van der Waals surface area contributed by atoms with E-state index in [1.54, 1.807) is 6.26 Å². The summed E-state index contributed by atoms with van der Waals surface area (Å²) < 4.78 is 5.14. The van der Waals surface area contributed by atoms with Crippen LogP contribution in [-0.4, -0.2) is 5.25 Å². The highest BCUT2D eigenvalue weighted by molar-refractivity contribution is 8.00. The highest BCUT2D eigenvalue weighted by Gasteiger charge is 2.02. The molecule has 0 radical (unpaired) electrons. The predicted molar refractivity (Wildman–Crippen MR) is 44.4 cm³/mol. The van der Waals surface area contributed by atoms with Crippen LogP contribution in [0.25, 0.3) is 0 Å². The van der Waals surface area contributed by atoms with Crippen LogP contribution in [0.2, 0.25) is 0 Å². The second-order valence-electron chi connectivity index (χ2n) is 2.51. The molecule has 0 aromatic carbocycles. The molecule has 0 aliphatic heterocycles. The van der Waals surface area contributed by atoms with Crippen LogP contribution >= 0.6 is 11.8 Å². The van der Waals surface area contributed by atoms with Gasteiger partial charge in [0.15, 0.2) is 0 Å². The van der Waals surface area contributed by atoms with Gasteiger partial charge in [-0.25, -0.2) is 0 Å². The molecule has 0 fully saturated rings. The second kappa shape index (κ2) is 3.15. The van der Waals surface area contributed by atoms with Crippen LogP contribution in [0.3, 0.4) is 0 Å². The molecular weight excluding hydrogens is 144 g/mol. The summed E-state index contributed by atoms with van der Waals surface area (Å²) in [5.41, 5.74) is 0. The summed E-state index contributed by atoms with van der Waals surface area (Å²) in [6.07, 6.45) is 1.74. The van der Waals surface area contributed by atoms with Crippen LogP contribution in [-0.2, 0) is 0 Å². The number of hydrogen-bond acceptors (Lipinski definition) is 2. The molecular formula is C8H12OS. The number of rotatable bonds is 2.